The molecule has 3 N–H and O–H groups in total. The number of ether oxygens (including phenoxy) is 2. The van der Waals surface area contributed by atoms with Crippen LogP contribution in [-0.4, -0.2) is 52.7 Å². The maximum atomic E-state index is 13.3. The number of carbonyl (C=O) groups is 2. The number of aromatic amines is 1. The molecule has 0 spiro atoms. The van der Waals surface area contributed by atoms with Crippen LogP contribution in [0.4, 0.5) is 10.5 Å². The number of benzene rings is 2. The van der Waals surface area contributed by atoms with Crippen LogP contribution in [0.25, 0.3) is 0 Å². The zero-order valence-electron chi connectivity index (χ0n) is 17.1. The normalized spacial score (nSPS) is 15.2. The van der Waals surface area contributed by atoms with Crippen molar-refractivity contribution in [3.63, 3.8) is 0 Å². The highest BCUT2D eigenvalue weighted by Gasteiger charge is 2.36. The van der Waals surface area contributed by atoms with Crippen LogP contribution in [0.2, 0.25) is 0 Å². The Hall–Kier alpha value is -4.01. The van der Waals surface area contributed by atoms with Gasteiger partial charge in [-0.15, -0.1) is 0 Å². The number of nitrogens with zero attached hydrogens (tertiary/aromatic N) is 2. The number of rotatable bonds is 5. The summed E-state index contributed by atoms with van der Waals surface area (Å²) in [7, 11) is 3.15. The van der Waals surface area contributed by atoms with E-state index in [1.54, 1.807) is 49.7 Å². The quantitative estimate of drug-likeness (QED) is 0.581. The average Bonchev–Trinajstić information content (AvgIpc) is 3.27. The van der Waals surface area contributed by atoms with Gasteiger partial charge in [-0.05, 0) is 36.4 Å². The number of urea groups is 1. The number of carbonyl (C=O) groups excluding carboxylic acids is 1. The van der Waals surface area contributed by atoms with Crippen molar-refractivity contribution < 1.29 is 24.2 Å². The molecule has 0 saturated heterocycles. The monoisotopic (exact) mass is 422 g/mol. The van der Waals surface area contributed by atoms with Crippen molar-refractivity contribution in [2.75, 3.05) is 26.1 Å². The molecule has 1 aromatic heterocycles. The molecule has 0 fully saturated rings. The van der Waals surface area contributed by atoms with Gasteiger partial charge in [0, 0.05) is 29.9 Å². The second-order valence-electron chi connectivity index (χ2n) is 7.04. The van der Waals surface area contributed by atoms with Crippen molar-refractivity contribution in [3.05, 3.63) is 71.3 Å². The molecule has 1 unspecified atom stereocenters. The summed E-state index contributed by atoms with van der Waals surface area (Å²) in [4.78, 5) is 33.8. The average molecular weight is 422 g/mol. The molecule has 1 aliphatic rings. The third kappa shape index (κ3) is 3.89. The first-order valence-electron chi connectivity index (χ1n) is 9.67. The van der Waals surface area contributed by atoms with E-state index in [4.69, 9.17) is 9.47 Å². The Labute approximate surface area is 178 Å². The SMILES string of the molecule is COc1ccc(OC)c(C2c3nc[nH]c3CCN2C(=O)Nc2cccc(C(=O)O)c2)c1. The molecule has 3 aromatic rings. The van der Waals surface area contributed by atoms with Gasteiger partial charge in [-0.3, -0.25) is 0 Å². The molecule has 2 aromatic carbocycles. The Morgan fingerprint density at radius 1 is 1.19 bits per heavy atom. The number of fused-ring (bicyclic) bond motifs is 1. The highest BCUT2D eigenvalue weighted by Crippen LogP contribution is 2.39. The van der Waals surface area contributed by atoms with Crippen LogP contribution in [0.5, 0.6) is 11.5 Å². The predicted molar refractivity (Wildman–Crippen MR) is 113 cm³/mol. The lowest BCUT2D eigenvalue weighted by Gasteiger charge is -2.36. The fourth-order valence-electron chi connectivity index (χ4n) is 3.79. The summed E-state index contributed by atoms with van der Waals surface area (Å²) < 4.78 is 10.9. The van der Waals surface area contributed by atoms with Crippen LogP contribution in [0, 0.1) is 0 Å². The van der Waals surface area contributed by atoms with E-state index in [-0.39, 0.29) is 11.6 Å². The third-order valence-electron chi connectivity index (χ3n) is 5.28. The lowest BCUT2D eigenvalue weighted by atomic mass is 9.95. The third-order valence-corrected chi connectivity index (χ3v) is 5.28. The number of nitrogens with one attached hydrogen (secondary N) is 2. The first kappa shape index (κ1) is 20.3. The number of H-pyrrole nitrogens is 1. The summed E-state index contributed by atoms with van der Waals surface area (Å²) >= 11 is 0. The summed E-state index contributed by atoms with van der Waals surface area (Å²) in [5, 5.41) is 12.0. The molecular formula is C22H22N4O5. The van der Waals surface area contributed by atoms with Crippen LogP contribution >= 0.6 is 0 Å². The Bertz CT molecular complexity index is 1130. The molecule has 0 aliphatic carbocycles. The van der Waals surface area contributed by atoms with E-state index in [0.29, 0.717) is 30.2 Å². The maximum absolute atomic E-state index is 13.3. The lowest BCUT2D eigenvalue weighted by molar-refractivity contribution is 0.0697. The standard InChI is InChI=1S/C22H22N4O5/c1-30-15-6-7-18(31-2)16(11-15)20-19-17(23-12-24-19)8-9-26(20)22(29)25-14-5-3-4-13(10-14)21(27)28/h3-7,10-12,20H,8-9H2,1-2H3,(H,23,24)(H,25,29)(H,27,28). The van der Waals surface area contributed by atoms with Crippen LogP contribution in [0.15, 0.2) is 48.8 Å². The van der Waals surface area contributed by atoms with Crippen molar-refractivity contribution in [2.45, 2.75) is 12.5 Å². The number of aromatic nitrogens is 2. The Morgan fingerprint density at radius 2 is 2.03 bits per heavy atom. The lowest BCUT2D eigenvalue weighted by Crippen LogP contribution is -2.43. The molecule has 0 saturated carbocycles. The van der Waals surface area contributed by atoms with Crippen LogP contribution in [0.1, 0.15) is 33.4 Å². The maximum Gasteiger partial charge on any atom is 0.335 e. The second kappa shape index (κ2) is 8.39. The zero-order valence-corrected chi connectivity index (χ0v) is 17.1. The van der Waals surface area contributed by atoms with E-state index >= 15 is 0 Å². The number of amides is 2. The minimum Gasteiger partial charge on any atom is -0.497 e. The van der Waals surface area contributed by atoms with Crippen molar-refractivity contribution >= 4 is 17.7 Å². The first-order chi connectivity index (χ1) is 15.0. The molecule has 160 valence electrons. The number of methoxy groups -OCH3 is 2. The summed E-state index contributed by atoms with van der Waals surface area (Å²) in [6, 6.07) is 10.7. The van der Waals surface area contributed by atoms with Gasteiger partial charge in [0.2, 0.25) is 0 Å². The summed E-state index contributed by atoms with van der Waals surface area (Å²) in [5.74, 6) is 0.175. The van der Waals surface area contributed by atoms with Crippen LogP contribution < -0.4 is 14.8 Å². The first-order valence-corrected chi connectivity index (χ1v) is 9.67. The number of aromatic carboxylic acids is 1. The Morgan fingerprint density at radius 3 is 2.77 bits per heavy atom. The van der Waals surface area contributed by atoms with Gasteiger partial charge < -0.3 is 29.8 Å². The van der Waals surface area contributed by atoms with E-state index in [9.17, 15) is 14.7 Å². The summed E-state index contributed by atoms with van der Waals surface area (Å²) in [5.41, 5.74) is 2.91. The number of carboxylic acid groups (broad SMARTS) is 1. The van der Waals surface area contributed by atoms with E-state index in [1.807, 2.05) is 6.07 Å². The zero-order chi connectivity index (χ0) is 22.0. The Balaban J connectivity index is 1.72. The van der Waals surface area contributed by atoms with Gasteiger partial charge in [-0.25, -0.2) is 14.6 Å². The second-order valence-corrected chi connectivity index (χ2v) is 7.04. The number of hydrogen-bond donors (Lipinski definition) is 3. The van der Waals surface area contributed by atoms with Crippen LogP contribution in [0.3, 0.4) is 0 Å². The van der Waals surface area contributed by atoms with E-state index in [2.05, 4.69) is 15.3 Å². The number of carboxylic acids is 1. The molecule has 0 radical (unpaired) electrons. The van der Waals surface area contributed by atoms with Crippen molar-refractivity contribution in [1.82, 2.24) is 14.9 Å². The molecule has 1 aliphatic heterocycles. The van der Waals surface area contributed by atoms with Gasteiger partial charge in [-0.1, -0.05) is 6.07 Å². The van der Waals surface area contributed by atoms with Crippen molar-refractivity contribution in [2.24, 2.45) is 0 Å². The summed E-state index contributed by atoms with van der Waals surface area (Å²) in [6.07, 6.45) is 2.22. The van der Waals surface area contributed by atoms with E-state index in [0.717, 1.165) is 17.0 Å². The van der Waals surface area contributed by atoms with Crippen molar-refractivity contribution in [1.29, 1.82) is 0 Å². The summed E-state index contributed by atoms with van der Waals surface area (Å²) in [6.45, 7) is 0.435. The highest BCUT2D eigenvalue weighted by atomic mass is 16.5. The molecular weight excluding hydrogens is 400 g/mol. The molecule has 9 heteroatoms. The molecule has 4 rings (SSSR count). The number of anilines is 1. The van der Waals surface area contributed by atoms with E-state index in [1.165, 1.54) is 12.1 Å². The smallest absolute Gasteiger partial charge is 0.335 e. The fraction of sp³-hybridized carbons (Fsp3) is 0.227. The molecule has 2 heterocycles. The minimum absolute atomic E-state index is 0.0945. The van der Waals surface area contributed by atoms with E-state index < -0.39 is 12.0 Å². The van der Waals surface area contributed by atoms with Gasteiger partial charge in [0.05, 0.1) is 31.8 Å². The van der Waals surface area contributed by atoms with Crippen LogP contribution in [-0.2, 0) is 6.42 Å². The van der Waals surface area contributed by atoms with Gasteiger partial charge in [-0.2, -0.15) is 0 Å². The number of imidazole rings is 1. The molecule has 1 atom stereocenters. The minimum atomic E-state index is -1.06. The van der Waals surface area contributed by atoms with Crippen molar-refractivity contribution in [3.8, 4) is 11.5 Å². The van der Waals surface area contributed by atoms with Gasteiger partial charge in [0.1, 0.15) is 17.5 Å². The van der Waals surface area contributed by atoms with Gasteiger partial charge in [0.15, 0.2) is 0 Å². The fourth-order valence-corrected chi connectivity index (χ4v) is 3.79. The number of hydrogen-bond acceptors (Lipinski definition) is 5. The molecule has 2 amide bonds. The van der Waals surface area contributed by atoms with Gasteiger partial charge in [0.25, 0.3) is 0 Å². The molecule has 9 nitrogen and oxygen atoms in total. The molecule has 0 bridgehead atoms. The van der Waals surface area contributed by atoms with Gasteiger partial charge >= 0.3 is 12.0 Å². The predicted octanol–water partition coefficient (Wildman–Crippen LogP) is 3.30. The Kier molecular flexibility index (Phi) is 5.48. The highest BCUT2D eigenvalue weighted by molar-refractivity contribution is 5.93. The largest absolute Gasteiger partial charge is 0.497 e. The topological polar surface area (TPSA) is 117 Å². The molecule has 31 heavy (non-hydrogen) atoms.